The van der Waals surface area contributed by atoms with Crippen molar-refractivity contribution >= 4 is 114 Å². The molecule has 0 radical (unpaired) electrons. The molecule has 4 heterocycles. The Balaban J connectivity index is 1.14. The SMILES string of the molecule is c1ccc(N(c2ccc3c(oc4ccccc43)c2-c2ccccc2-n2c3ccccc3c3ccccc32)c2cccc3c2sc2ccccc23)c(-c2cccc3c2oc2ccccc23)c1. The summed E-state index contributed by atoms with van der Waals surface area (Å²) in [7, 11) is 0. The number of fused-ring (bicyclic) bond motifs is 12. The zero-order chi connectivity index (χ0) is 42.6. The standard InChI is InChI=1S/C60H36N2O2S/c1-8-27-48-37(17-1)38-18-2-9-28-49(38)61(48)51-30-11-4-23-47(51)57-52(36-35-45-41-21-6-13-33-55(41)64-59(45)57)62(53-31-16-26-46-42-22-7-14-34-56(42)65-60(46)53)50-29-10-3-19-39(50)43-24-15-25-44-40-20-5-12-32-54(40)63-58(43)44/h1-36H. The van der Waals surface area contributed by atoms with Gasteiger partial charge in [-0.1, -0.05) is 158 Å². The Morgan fingerprint density at radius 1 is 0.338 bits per heavy atom. The van der Waals surface area contributed by atoms with Gasteiger partial charge in [0, 0.05) is 64.5 Å². The maximum atomic E-state index is 7.14. The Bertz CT molecular complexity index is 4170. The minimum absolute atomic E-state index is 0.835. The smallest absolute Gasteiger partial charge is 0.145 e. The lowest BCUT2D eigenvalue weighted by atomic mass is 9.95. The molecule has 0 saturated carbocycles. The maximum Gasteiger partial charge on any atom is 0.145 e. The lowest BCUT2D eigenvalue weighted by Gasteiger charge is -2.31. The molecule has 10 aromatic carbocycles. The number of benzene rings is 10. The molecule has 304 valence electrons. The zero-order valence-corrected chi connectivity index (χ0v) is 35.7. The molecule has 0 N–H and O–H groups in total. The minimum Gasteiger partial charge on any atom is -0.455 e. The van der Waals surface area contributed by atoms with E-state index in [0.29, 0.717) is 0 Å². The topological polar surface area (TPSA) is 34.5 Å². The number of para-hydroxylation sites is 7. The Hall–Kier alpha value is -8.38. The van der Waals surface area contributed by atoms with Crippen LogP contribution in [0.1, 0.15) is 0 Å². The number of hydrogen-bond acceptors (Lipinski definition) is 4. The Morgan fingerprint density at radius 3 is 1.63 bits per heavy atom. The number of aromatic nitrogens is 1. The third-order valence-corrected chi connectivity index (χ3v) is 14.4. The van der Waals surface area contributed by atoms with Crippen molar-refractivity contribution in [2.45, 2.75) is 0 Å². The molecule has 0 unspecified atom stereocenters. The molecule has 0 bridgehead atoms. The molecule has 14 aromatic rings. The van der Waals surface area contributed by atoms with Crippen LogP contribution in [-0.4, -0.2) is 4.57 Å². The van der Waals surface area contributed by atoms with E-state index < -0.39 is 0 Å². The van der Waals surface area contributed by atoms with Crippen LogP contribution >= 0.6 is 11.3 Å². The number of thiophene rings is 1. The highest BCUT2D eigenvalue weighted by molar-refractivity contribution is 7.26. The van der Waals surface area contributed by atoms with Gasteiger partial charge >= 0.3 is 0 Å². The van der Waals surface area contributed by atoms with Crippen molar-refractivity contribution in [2.75, 3.05) is 4.90 Å². The molecule has 0 aliphatic carbocycles. The van der Waals surface area contributed by atoms with Gasteiger partial charge < -0.3 is 18.3 Å². The average molecular weight is 849 g/mol. The highest BCUT2D eigenvalue weighted by Crippen LogP contribution is 2.53. The fourth-order valence-corrected chi connectivity index (χ4v) is 11.6. The largest absolute Gasteiger partial charge is 0.455 e. The maximum absolute atomic E-state index is 7.14. The zero-order valence-electron chi connectivity index (χ0n) is 34.9. The van der Waals surface area contributed by atoms with Gasteiger partial charge in [-0.3, -0.25) is 0 Å². The van der Waals surface area contributed by atoms with Crippen molar-refractivity contribution in [2.24, 2.45) is 0 Å². The van der Waals surface area contributed by atoms with Gasteiger partial charge in [-0.15, -0.1) is 11.3 Å². The third-order valence-electron chi connectivity index (χ3n) is 13.2. The fourth-order valence-electron chi connectivity index (χ4n) is 10.4. The molecule has 0 aliphatic heterocycles. The summed E-state index contributed by atoms with van der Waals surface area (Å²) in [4.78, 5) is 2.49. The van der Waals surface area contributed by atoms with Crippen LogP contribution in [0, 0.1) is 0 Å². The Labute approximate surface area is 377 Å². The van der Waals surface area contributed by atoms with Crippen LogP contribution in [0.15, 0.2) is 227 Å². The molecule has 0 spiro atoms. The Morgan fingerprint density at radius 2 is 0.862 bits per heavy atom. The van der Waals surface area contributed by atoms with E-state index in [0.717, 1.165) is 99.9 Å². The molecule has 0 atom stereocenters. The van der Waals surface area contributed by atoms with Crippen LogP contribution in [0.25, 0.3) is 114 Å². The molecular formula is C60H36N2O2S. The summed E-state index contributed by atoms with van der Waals surface area (Å²) in [5.74, 6) is 0. The first-order valence-electron chi connectivity index (χ1n) is 22.0. The number of rotatable bonds is 6. The van der Waals surface area contributed by atoms with Crippen molar-refractivity contribution in [3.05, 3.63) is 218 Å². The molecule has 5 heteroatoms. The first-order chi connectivity index (χ1) is 32.3. The van der Waals surface area contributed by atoms with Gasteiger partial charge in [-0.05, 0) is 60.7 Å². The second-order valence-electron chi connectivity index (χ2n) is 16.7. The van der Waals surface area contributed by atoms with Crippen LogP contribution in [0.2, 0.25) is 0 Å². The van der Waals surface area contributed by atoms with E-state index >= 15 is 0 Å². The van der Waals surface area contributed by atoms with Crippen molar-refractivity contribution in [1.82, 2.24) is 4.57 Å². The monoisotopic (exact) mass is 848 g/mol. The first kappa shape index (κ1) is 36.1. The molecule has 0 saturated heterocycles. The summed E-state index contributed by atoms with van der Waals surface area (Å²) in [6.07, 6.45) is 0. The highest BCUT2D eigenvalue weighted by Gasteiger charge is 2.29. The van der Waals surface area contributed by atoms with Crippen molar-refractivity contribution in [1.29, 1.82) is 0 Å². The number of anilines is 3. The molecule has 65 heavy (non-hydrogen) atoms. The quantitative estimate of drug-likeness (QED) is 0.167. The first-order valence-corrected chi connectivity index (χ1v) is 22.8. The van der Waals surface area contributed by atoms with E-state index in [-0.39, 0.29) is 0 Å². The van der Waals surface area contributed by atoms with E-state index in [1.54, 1.807) is 0 Å². The van der Waals surface area contributed by atoms with Gasteiger partial charge in [-0.2, -0.15) is 0 Å². The van der Waals surface area contributed by atoms with Gasteiger partial charge in [0.05, 0.1) is 44.0 Å². The summed E-state index contributed by atoms with van der Waals surface area (Å²) in [5, 5.41) is 9.25. The van der Waals surface area contributed by atoms with Crippen molar-refractivity contribution in [3.8, 4) is 27.9 Å². The molecule has 0 amide bonds. The molecule has 4 aromatic heterocycles. The van der Waals surface area contributed by atoms with Crippen LogP contribution in [0.4, 0.5) is 17.1 Å². The van der Waals surface area contributed by atoms with Crippen molar-refractivity contribution in [3.63, 3.8) is 0 Å². The summed E-state index contributed by atoms with van der Waals surface area (Å²) < 4.78 is 18.8. The summed E-state index contributed by atoms with van der Waals surface area (Å²) in [5.41, 5.74) is 14.0. The lowest BCUT2D eigenvalue weighted by molar-refractivity contribution is 0.669. The number of furan rings is 2. The van der Waals surface area contributed by atoms with E-state index in [9.17, 15) is 0 Å². The van der Waals surface area contributed by atoms with Crippen LogP contribution < -0.4 is 4.90 Å². The predicted octanol–water partition coefficient (Wildman–Crippen LogP) is 17.8. The second-order valence-corrected chi connectivity index (χ2v) is 17.8. The summed E-state index contributed by atoms with van der Waals surface area (Å²) >= 11 is 1.84. The summed E-state index contributed by atoms with van der Waals surface area (Å²) in [6.45, 7) is 0. The molecule has 0 fully saturated rings. The number of nitrogens with zero attached hydrogens (tertiary/aromatic N) is 2. The Kier molecular flexibility index (Phi) is 7.82. The lowest BCUT2D eigenvalue weighted by Crippen LogP contribution is -2.13. The van der Waals surface area contributed by atoms with Gasteiger partial charge in [0.15, 0.2) is 0 Å². The van der Waals surface area contributed by atoms with E-state index in [4.69, 9.17) is 8.83 Å². The molecular weight excluding hydrogens is 813 g/mol. The molecule has 0 aliphatic rings. The van der Waals surface area contributed by atoms with Gasteiger partial charge in [-0.25, -0.2) is 0 Å². The second kappa shape index (κ2) is 14.1. The van der Waals surface area contributed by atoms with Crippen molar-refractivity contribution < 1.29 is 8.83 Å². The highest BCUT2D eigenvalue weighted by atomic mass is 32.1. The van der Waals surface area contributed by atoms with E-state index in [1.165, 1.54) is 30.9 Å². The van der Waals surface area contributed by atoms with Gasteiger partial charge in [0.1, 0.15) is 22.3 Å². The van der Waals surface area contributed by atoms with Gasteiger partial charge in [0.2, 0.25) is 0 Å². The third kappa shape index (κ3) is 5.30. The van der Waals surface area contributed by atoms with Crippen LogP contribution in [-0.2, 0) is 0 Å². The molecule has 4 nitrogen and oxygen atoms in total. The number of hydrogen-bond donors (Lipinski definition) is 0. The van der Waals surface area contributed by atoms with E-state index in [2.05, 4.69) is 222 Å². The van der Waals surface area contributed by atoms with E-state index in [1.807, 2.05) is 17.4 Å². The van der Waals surface area contributed by atoms with Crippen LogP contribution in [0.3, 0.4) is 0 Å². The van der Waals surface area contributed by atoms with Crippen LogP contribution in [0.5, 0.6) is 0 Å². The fraction of sp³-hybridized carbons (Fsp3) is 0. The van der Waals surface area contributed by atoms with Gasteiger partial charge in [0.25, 0.3) is 0 Å². The molecule has 14 rings (SSSR count). The predicted molar refractivity (Wildman–Crippen MR) is 274 cm³/mol. The summed E-state index contributed by atoms with van der Waals surface area (Å²) in [6, 6.07) is 78.4. The minimum atomic E-state index is 0.835. The normalized spacial score (nSPS) is 12.0. The average Bonchev–Trinajstić information content (AvgIpc) is 4.14.